The summed E-state index contributed by atoms with van der Waals surface area (Å²) in [6.07, 6.45) is 6.45. The van der Waals surface area contributed by atoms with Gasteiger partial charge in [0.05, 0.1) is 11.4 Å². The van der Waals surface area contributed by atoms with Gasteiger partial charge in [-0.3, -0.25) is 4.79 Å². The van der Waals surface area contributed by atoms with Crippen LogP contribution in [0.5, 0.6) is 0 Å². The first-order valence-electron chi connectivity index (χ1n) is 7.35. The quantitative estimate of drug-likeness (QED) is 0.569. The summed E-state index contributed by atoms with van der Waals surface area (Å²) in [6, 6.07) is 7.56. The van der Waals surface area contributed by atoms with E-state index in [0.717, 1.165) is 18.5 Å². The third kappa shape index (κ3) is 4.93. The average molecular weight is 262 g/mol. The number of unbranched alkanes of at least 4 members (excludes halogenated alkanes) is 4. The Kier molecular flexibility index (Phi) is 7.01. The van der Waals surface area contributed by atoms with Gasteiger partial charge in [-0.05, 0) is 25.5 Å². The first kappa shape index (κ1) is 15.5. The molecule has 0 heterocycles. The van der Waals surface area contributed by atoms with E-state index in [0.29, 0.717) is 18.7 Å². The summed E-state index contributed by atoms with van der Waals surface area (Å²) in [5.41, 5.74) is 7.44. The van der Waals surface area contributed by atoms with E-state index in [1.165, 1.54) is 19.3 Å². The molecule has 0 unspecified atom stereocenters. The number of hydrogen-bond acceptors (Lipinski definition) is 2. The van der Waals surface area contributed by atoms with E-state index in [9.17, 15) is 4.79 Å². The molecule has 1 aromatic carbocycles. The highest BCUT2D eigenvalue weighted by atomic mass is 16.2. The van der Waals surface area contributed by atoms with Crippen LogP contribution in [-0.4, -0.2) is 12.5 Å². The van der Waals surface area contributed by atoms with Gasteiger partial charge in [0.1, 0.15) is 0 Å². The Morgan fingerprint density at radius 3 is 2.42 bits per heavy atom. The Morgan fingerprint density at radius 1 is 1.11 bits per heavy atom. The van der Waals surface area contributed by atoms with Crippen molar-refractivity contribution in [2.24, 2.45) is 0 Å². The van der Waals surface area contributed by atoms with Gasteiger partial charge in [0, 0.05) is 13.0 Å². The van der Waals surface area contributed by atoms with Crippen LogP contribution in [0.4, 0.5) is 11.4 Å². The number of hydrogen-bond donors (Lipinski definition) is 1. The lowest BCUT2D eigenvalue weighted by molar-refractivity contribution is -0.118. The molecule has 0 saturated carbocycles. The Morgan fingerprint density at radius 2 is 1.79 bits per heavy atom. The van der Waals surface area contributed by atoms with Crippen LogP contribution in [-0.2, 0) is 4.79 Å². The number of anilines is 2. The summed E-state index contributed by atoms with van der Waals surface area (Å²) >= 11 is 0. The lowest BCUT2D eigenvalue weighted by Crippen LogP contribution is -2.31. The minimum atomic E-state index is 0.178. The molecule has 1 aromatic rings. The molecule has 0 aliphatic rings. The van der Waals surface area contributed by atoms with Crippen LogP contribution in [0.3, 0.4) is 0 Å². The molecule has 0 atom stereocenters. The van der Waals surface area contributed by atoms with Crippen molar-refractivity contribution in [1.29, 1.82) is 0 Å². The van der Waals surface area contributed by atoms with Crippen LogP contribution in [0.2, 0.25) is 0 Å². The fourth-order valence-corrected chi connectivity index (χ4v) is 2.23. The zero-order valence-corrected chi connectivity index (χ0v) is 12.2. The molecule has 3 nitrogen and oxygen atoms in total. The number of nitrogens with zero attached hydrogens (tertiary/aromatic N) is 1. The van der Waals surface area contributed by atoms with Gasteiger partial charge in [-0.15, -0.1) is 0 Å². The van der Waals surface area contributed by atoms with E-state index in [1.54, 1.807) is 4.90 Å². The van der Waals surface area contributed by atoms with E-state index < -0.39 is 0 Å². The van der Waals surface area contributed by atoms with Crippen LogP contribution in [0.25, 0.3) is 0 Å². The smallest absolute Gasteiger partial charge is 0.227 e. The fourth-order valence-electron chi connectivity index (χ4n) is 2.23. The third-order valence-corrected chi connectivity index (χ3v) is 3.34. The molecule has 0 fully saturated rings. The summed E-state index contributed by atoms with van der Waals surface area (Å²) in [6.45, 7) is 4.85. The standard InChI is InChI=1S/C16H26N2O/c1-3-5-6-7-8-13-16(19)18(4-2)15-12-10-9-11-14(15)17/h9-12H,3-8,13,17H2,1-2H3. The van der Waals surface area contributed by atoms with Crippen molar-refractivity contribution < 1.29 is 4.79 Å². The molecule has 0 saturated heterocycles. The van der Waals surface area contributed by atoms with Gasteiger partial charge >= 0.3 is 0 Å². The molecular formula is C16H26N2O. The average Bonchev–Trinajstić information content (AvgIpc) is 2.41. The molecule has 0 radical (unpaired) electrons. The highest BCUT2D eigenvalue weighted by Crippen LogP contribution is 2.23. The number of nitrogens with two attached hydrogens (primary N) is 1. The minimum Gasteiger partial charge on any atom is -0.397 e. The second-order valence-corrected chi connectivity index (χ2v) is 4.86. The number of benzene rings is 1. The van der Waals surface area contributed by atoms with E-state index >= 15 is 0 Å². The van der Waals surface area contributed by atoms with Gasteiger partial charge in [0.25, 0.3) is 0 Å². The Hall–Kier alpha value is -1.51. The summed E-state index contributed by atoms with van der Waals surface area (Å²) in [4.78, 5) is 14.0. The van der Waals surface area contributed by atoms with Crippen LogP contribution in [0.1, 0.15) is 52.4 Å². The van der Waals surface area contributed by atoms with Crippen LogP contribution in [0, 0.1) is 0 Å². The van der Waals surface area contributed by atoms with Gasteiger partial charge in [0.15, 0.2) is 0 Å². The van der Waals surface area contributed by atoms with Crippen molar-refractivity contribution in [3.63, 3.8) is 0 Å². The van der Waals surface area contributed by atoms with Gasteiger partial charge in [-0.25, -0.2) is 0 Å². The van der Waals surface area contributed by atoms with Crippen LogP contribution < -0.4 is 10.6 Å². The van der Waals surface area contributed by atoms with Gasteiger partial charge in [-0.2, -0.15) is 0 Å². The molecule has 106 valence electrons. The molecule has 0 bridgehead atoms. The summed E-state index contributed by atoms with van der Waals surface area (Å²) in [5, 5.41) is 0. The number of para-hydroxylation sites is 2. The summed E-state index contributed by atoms with van der Waals surface area (Å²) < 4.78 is 0. The van der Waals surface area contributed by atoms with Crippen molar-refractivity contribution in [1.82, 2.24) is 0 Å². The third-order valence-electron chi connectivity index (χ3n) is 3.34. The molecule has 3 heteroatoms. The highest BCUT2D eigenvalue weighted by molar-refractivity contribution is 5.96. The van der Waals surface area contributed by atoms with E-state index in [2.05, 4.69) is 6.92 Å². The van der Waals surface area contributed by atoms with Crippen molar-refractivity contribution in [2.75, 3.05) is 17.2 Å². The highest BCUT2D eigenvalue weighted by Gasteiger charge is 2.15. The van der Waals surface area contributed by atoms with Gasteiger partial charge < -0.3 is 10.6 Å². The van der Waals surface area contributed by atoms with Crippen molar-refractivity contribution in [3.8, 4) is 0 Å². The lowest BCUT2D eigenvalue weighted by atomic mass is 10.1. The molecule has 0 spiro atoms. The molecule has 0 aliphatic heterocycles. The molecular weight excluding hydrogens is 236 g/mol. The van der Waals surface area contributed by atoms with Crippen molar-refractivity contribution in [2.45, 2.75) is 52.4 Å². The van der Waals surface area contributed by atoms with Crippen molar-refractivity contribution in [3.05, 3.63) is 24.3 Å². The zero-order valence-electron chi connectivity index (χ0n) is 12.2. The Labute approximate surface area is 116 Å². The monoisotopic (exact) mass is 262 g/mol. The van der Waals surface area contributed by atoms with Gasteiger partial charge in [-0.1, -0.05) is 44.7 Å². The molecule has 1 rings (SSSR count). The molecule has 0 aromatic heterocycles. The van der Waals surface area contributed by atoms with Crippen molar-refractivity contribution >= 4 is 17.3 Å². The van der Waals surface area contributed by atoms with Gasteiger partial charge in [0.2, 0.25) is 5.91 Å². The summed E-state index contributed by atoms with van der Waals surface area (Å²) in [7, 11) is 0. The van der Waals surface area contributed by atoms with Crippen LogP contribution in [0.15, 0.2) is 24.3 Å². The number of carbonyl (C=O) groups is 1. The zero-order chi connectivity index (χ0) is 14.1. The minimum absolute atomic E-state index is 0.178. The molecule has 1 amide bonds. The van der Waals surface area contributed by atoms with E-state index in [4.69, 9.17) is 5.73 Å². The topological polar surface area (TPSA) is 46.3 Å². The number of nitrogen functional groups attached to an aromatic ring is 1. The summed E-state index contributed by atoms with van der Waals surface area (Å²) in [5.74, 6) is 0.178. The number of amides is 1. The fraction of sp³-hybridized carbons (Fsp3) is 0.562. The Balaban J connectivity index is 2.51. The van der Waals surface area contributed by atoms with E-state index in [1.807, 2.05) is 31.2 Å². The normalized spacial score (nSPS) is 10.4. The predicted molar refractivity (Wildman–Crippen MR) is 82.3 cm³/mol. The molecule has 0 aliphatic carbocycles. The number of rotatable bonds is 8. The first-order chi connectivity index (χ1) is 9.20. The molecule has 2 N–H and O–H groups in total. The maximum Gasteiger partial charge on any atom is 0.227 e. The van der Waals surface area contributed by atoms with Crippen LogP contribution >= 0.6 is 0 Å². The Bertz CT molecular complexity index is 390. The second-order valence-electron chi connectivity index (χ2n) is 4.86. The SMILES string of the molecule is CCCCCCCC(=O)N(CC)c1ccccc1N. The predicted octanol–water partition coefficient (Wildman–Crippen LogP) is 3.98. The molecule has 19 heavy (non-hydrogen) atoms. The second kappa shape index (κ2) is 8.57. The lowest BCUT2D eigenvalue weighted by Gasteiger charge is -2.22. The van der Waals surface area contributed by atoms with E-state index in [-0.39, 0.29) is 5.91 Å². The largest absolute Gasteiger partial charge is 0.397 e. The maximum atomic E-state index is 12.2. The maximum absolute atomic E-state index is 12.2. The number of carbonyl (C=O) groups excluding carboxylic acids is 1. The first-order valence-corrected chi connectivity index (χ1v) is 7.35.